The minimum absolute atomic E-state index is 0.146. The maximum absolute atomic E-state index is 13.0. The number of aromatic nitrogens is 4. The third kappa shape index (κ3) is 2.09. The van der Waals surface area contributed by atoms with Crippen molar-refractivity contribution < 1.29 is 14.5 Å². The van der Waals surface area contributed by atoms with Crippen molar-refractivity contribution in [3.63, 3.8) is 0 Å². The molecule has 1 aromatic carbocycles. The normalized spacial score (nSPS) is 11.4. The molecule has 0 radical (unpaired) electrons. The molecular weight excluding hydrogens is 331 g/mol. The quantitative estimate of drug-likeness (QED) is 0.414. The summed E-state index contributed by atoms with van der Waals surface area (Å²) in [5, 5.41) is 5.15. The number of aromatic amines is 2. The highest BCUT2D eigenvalue weighted by Gasteiger charge is 2.24. The van der Waals surface area contributed by atoms with E-state index in [2.05, 4.69) is 15.2 Å². The molecule has 0 unspecified atom stereocenters. The van der Waals surface area contributed by atoms with Gasteiger partial charge in [0.05, 0.1) is 6.54 Å². The molecule has 0 fully saturated rings. The van der Waals surface area contributed by atoms with Crippen LogP contribution in [0.2, 0.25) is 0 Å². The lowest BCUT2D eigenvalue weighted by atomic mass is 10.2. The number of hydrogen-bond acceptors (Lipinski definition) is 5. The third-order valence-electron chi connectivity index (χ3n) is 4.01. The van der Waals surface area contributed by atoms with Crippen LogP contribution in [0.5, 0.6) is 0 Å². The molecule has 0 bridgehead atoms. The lowest BCUT2D eigenvalue weighted by Crippen LogP contribution is -2.31. The van der Waals surface area contributed by atoms with Crippen LogP contribution in [0.25, 0.3) is 11.0 Å². The highest BCUT2D eigenvalue weighted by Crippen LogP contribution is 2.03. The van der Waals surface area contributed by atoms with Crippen LogP contribution in [0.4, 0.5) is 4.39 Å². The van der Waals surface area contributed by atoms with Crippen molar-refractivity contribution in [2.45, 2.75) is 6.54 Å². The van der Waals surface area contributed by atoms with E-state index in [1.807, 2.05) is 0 Å². The summed E-state index contributed by atoms with van der Waals surface area (Å²) in [6.45, 7) is -0.175. The van der Waals surface area contributed by atoms with Crippen molar-refractivity contribution in [1.82, 2.24) is 9.67 Å². The summed E-state index contributed by atoms with van der Waals surface area (Å²) < 4.78 is 13.8. The van der Waals surface area contributed by atoms with E-state index in [0.29, 0.717) is 5.56 Å². The van der Waals surface area contributed by atoms with Crippen molar-refractivity contribution in [3.05, 3.63) is 93.6 Å². The molecule has 0 spiro atoms. The van der Waals surface area contributed by atoms with Gasteiger partial charge in [-0.15, -0.1) is 4.98 Å². The number of fused-ring (bicyclic) bond motifs is 1. The lowest BCUT2D eigenvalue weighted by molar-refractivity contribution is -0.557. The van der Waals surface area contributed by atoms with Crippen LogP contribution in [0, 0.1) is 16.3 Å². The first kappa shape index (κ1) is 14.9. The second-order valence-corrected chi connectivity index (χ2v) is 5.48. The molecule has 122 valence electrons. The standard InChI is InChI=1S/C16H7FN4O4/c17-8-3-1-7(2-4-8)5-21-15(24)9-10(16(21)25)14(23)12-11(13(9)22)18-6-19-20-12/h1-4,6H,5H2/p+2. The molecule has 1 aromatic heterocycles. The first-order chi connectivity index (χ1) is 12.0. The zero-order valence-corrected chi connectivity index (χ0v) is 12.5. The fraction of sp³-hybridized carbons (Fsp3) is 0.0625. The Morgan fingerprint density at radius 1 is 0.960 bits per heavy atom. The van der Waals surface area contributed by atoms with Gasteiger partial charge < -0.3 is 0 Å². The Balaban J connectivity index is 2.10. The van der Waals surface area contributed by atoms with Crippen LogP contribution in [0.15, 0.2) is 49.8 Å². The molecule has 25 heavy (non-hydrogen) atoms. The Morgan fingerprint density at radius 3 is 2.28 bits per heavy atom. The third-order valence-corrected chi connectivity index (χ3v) is 4.01. The number of halogens is 1. The van der Waals surface area contributed by atoms with Gasteiger partial charge in [0.25, 0.3) is 27.6 Å². The molecule has 1 aliphatic heterocycles. The summed E-state index contributed by atoms with van der Waals surface area (Å²) in [7, 11) is 0. The van der Waals surface area contributed by atoms with Gasteiger partial charge in [-0.05, 0) is 22.8 Å². The highest BCUT2D eigenvalue weighted by atomic mass is 19.1. The minimum Gasteiger partial charge on any atom is -0.286 e. The summed E-state index contributed by atoms with van der Waals surface area (Å²) in [5.74, 6) is -0.459. The van der Waals surface area contributed by atoms with Crippen LogP contribution in [-0.2, 0) is 6.54 Å². The molecule has 0 saturated carbocycles. The summed E-state index contributed by atoms with van der Waals surface area (Å²) in [6.07, 6.45) is 1.23. The van der Waals surface area contributed by atoms with E-state index in [9.17, 15) is 23.6 Å². The lowest BCUT2D eigenvalue weighted by Gasteiger charge is -2.00. The van der Waals surface area contributed by atoms with E-state index in [0.717, 1.165) is 4.57 Å². The largest absolute Gasteiger partial charge is 0.428 e. The van der Waals surface area contributed by atoms with Crippen molar-refractivity contribution >= 4 is 11.0 Å². The number of benzene rings is 1. The van der Waals surface area contributed by atoms with Crippen LogP contribution in [0.3, 0.4) is 0 Å². The Hall–Kier alpha value is -3.62. The van der Waals surface area contributed by atoms with E-state index >= 15 is 0 Å². The summed E-state index contributed by atoms with van der Waals surface area (Å²) >= 11 is 0. The Kier molecular flexibility index (Phi) is 3.11. The van der Waals surface area contributed by atoms with Crippen molar-refractivity contribution in [3.8, 4) is 0 Å². The molecule has 0 amide bonds. The fourth-order valence-corrected chi connectivity index (χ4v) is 2.82. The molecule has 0 atom stereocenters. The second-order valence-electron chi connectivity index (χ2n) is 5.48. The number of rotatable bonds is 2. The fourth-order valence-electron chi connectivity index (χ4n) is 2.82. The van der Waals surface area contributed by atoms with E-state index in [1.165, 1.54) is 30.6 Å². The summed E-state index contributed by atoms with van der Waals surface area (Å²) in [5.41, 5.74) is -3.17. The van der Waals surface area contributed by atoms with Gasteiger partial charge in [0, 0.05) is 5.10 Å². The van der Waals surface area contributed by atoms with E-state index < -0.39 is 38.2 Å². The molecule has 4 rings (SSSR count). The van der Waals surface area contributed by atoms with Gasteiger partial charge in [-0.2, -0.15) is 0 Å². The molecule has 9 heteroatoms. The van der Waals surface area contributed by atoms with Gasteiger partial charge in [0.15, 0.2) is 0 Å². The molecule has 2 aliphatic rings. The topological polar surface area (TPSA) is 114 Å². The number of nitrogens with one attached hydrogen (secondary N) is 2. The number of hydrogen-bond donors (Lipinski definition) is 0. The molecule has 8 nitrogen and oxygen atoms in total. The Bertz CT molecular complexity index is 1320. The maximum atomic E-state index is 13.0. The van der Waals surface area contributed by atoms with Gasteiger partial charge in [0.2, 0.25) is 5.43 Å². The van der Waals surface area contributed by atoms with Crippen LogP contribution >= 0.6 is 0 Å². The van der Waals surface area contributed by atoms with Crippen molar-refractivity contribution in [2.24, 2.45) is 0 Å². The summed E-state index contributed by atoms with van der Waals surface area (Å²) in [4.78, 5) is 52.6. The predicted octanol–water partition coefficient (Wildman–Crippen LogP) is -2.11. The van der Waals surface area contributed by atoms with Crippen molar-refractivity contribution in [2.75, 3.05) is 0 Å². The minimum atomic E-state index is -0.862. The van der Waals surface area contributed by atoms with E-state index in [4.69, 9.17) is 0 Å². The molecule has 2 N–H and O–H groups in total. The smallest absolute Gasteiger partial charge is 0.286 e. The first-order valence-electron chi connectivity index (χ1n) is 7.22. The Morgan fingerprint density at radius 2 is 1.60 bits per heavy atom. The van der Waals surface area contributed by atoms with Gasteiger partial charge in [-0.3, -0.25) is 23.7 Å². The number of H-pyrrole nitrogens is 2. The van der Waals surface area contributed by atoms with Gasteiger partial charge in [0.1, 0.15) is 16.3 Å². The Labute approximate surface area is 136 Å². The van der Waals surface area contributed by atoms with Crippen molar-refractivity contribution in [1.29, 1.82) is 0 Å². The first-order valence-corrected chi connectivity index (χ1v) is 7.22. The van der Waals surface area contributed by atoms with Crippen LogP contribution in [-0.4, -0.2) is 9.67 Å². The molecule has 1 aliphatic carbocycles. The highest BCUT2D eigenvalue weighted by molar-refractivity contribution is 5.69. The maximum Gasteiger partial charge on any atom is 0.428 e. The SMILES string of the molecule is O=c1c2c(=O)n(Cc3ccc(F)cc3)c(=O)c=2c(=O)c2[nH+]c[nH+]nc12. The molecular formula is C16H9FN4O4+2. The zero-order chi connectivity index (χ0) is 17.7. The molecule has 2 aromatic rings. The van der Waals surface area contributed by atoms with Gasteiger partial charge >= 0.3 is 6.33 Å². The van der Waals surface area contributed by atoms with Gasteiger partial charge in [-0.1, -0.05) is 12.1 Å². The number of nitrogens with zero attached hydrogens (tertiary/aromatic N) is 2. The molecule has 0 saturated heterocycles. The van der Waals surface area contributed by atoms with Gasteiger partial charge in [-0.25, -0.2) is 4.39 Å². The van der Waals surface area contributed by atoms with E-state index in [-0.39, 0.29) is 17.6 Å². The summed E-state index contributed by atoms with van der Waals surface area (Å²) in [6, 6.07) is 5.20. The monoisotopic (exact) mass is 340 g/mol. The van der Waals surface area contributed by atoms with Crippen LogP contribution in [0.1, 0.15) is 5.56 Å². The van der Waals surface area contributed by atoms with E-state index in [1.54, 1.807) is 0 Å². The zero-order valence-electron chi connectivity index (χ0n) is 12.5. The predicted molar refractivity (Wildman–Crippen MR) is 81.1 cm³/mol. The average Bonchev–Trinajstić information content (AvgIpc) is 2.86. The second kappa shape index (κ2) is 5.20. The molecule has 2 heterocycles. The average molecular weight is 340 g/mol. The van der Waals surface area contributed by atoms with Crippen LogP contribution < -0.4 is 32.1 Å².